The van der Waals surface area contributed by atoms with Gasteiger partial charge in [0.2, 0.25) is 0 Å². The third kappa shape index (κ3) is 3.72. The van der Waals surface area contributed by atoms with Gasteiger partial charge in [0, 0.05) is 48.8 Å². The summed E-state index contributed by atoms with van der Waals surface area (Å²) < 4.78 is 13.2. The maximum Gasteiger partial charge on any atom is 0.124 e. The molecular formula is C24H30N2O3. The van der Waals surface area contributed by atoms with Gasteiger partial charge in [0.05, 0.1) is 19.8 Å². The number of para-hydroxylation sites is 1. The molecule has 3 aromatic rings. The molecule has 0 atom stereocenters. The lowest BCUT2D eigenvalue weighted by molar-refractivity contribution is -0.0291. The van der Waals surface area contributed by atoms with Gasteiger partial charge in [-0.15, -0.1) is 0 Å². The number of likely N-dealkylation sites (tertiary alicyclic amines) is 1. The van der Waals surface area contributed by atoms with Crippen LogP contribution in [0.15, 0.2) is 48.7 Å². The predicted molar refractivity (Wildman–Crippen MR) is 116 cm³/mol. The van der Waals surface area contributed by atoms with Crippen molar-refractivity contribution >= 4 is 10.9 Å². The van der Waals surface area contributed by atoms with E-state index in [0.29, 0.717) is 12.8 Å². The highest BCUT2D eigenvalue weighted by atomic mass is 16.5. The summed E-state index contributed by atoms with van der Waals surface area (Å²) >= 11 is 0. The molecule has 0 aliphatic carbocycles. The zero-order chi connectivity index (χ0) is 20.4. The van der Waals surface area contributed by atoms with Gasteiger partial charge in [-0.3, -0.25) is 4.90 Å². The van der Waals surface area contributed by atoms with Gasteiger partial charge < -0.3 is 19.1 Å². The largest absolute Gasteiger partial charge is 0.497 e. The van der Waals surface area contributed by atoms with E-state index in [-0.39, 0.29) is 0 Å². The predicted octanol–water partition coefficient (Wildman–Crippen LogP) is 4.16. The SMILES string of the molecule is CCn1cc(CN2CCC(O)(c3ccccc3OC)CC2)c2cc(OC)ccc21. The highest BCUT2D eigenvalue weighted by Crippen LogP contribution is 2.38. The highest BCUT2D eigenvalue weighted by molar-refractivity contribution is 5.85. The first-order chi connectivity index (χ1) is 14.1. The molecule has 4 rings (SSSR count). The highest BCUT2D eigenvalue weighted by Gasteiger charge is 2.36. The number of aliphatic hydroxyl groups is 1. The van der Waals surface area contributed by atoms with Crippen molar-refractivity contribution < 1.29 is 14.6 Å². The summed E-state index contributed by atoms with van der Waals surface area (Å²) in [4.78, 5) is 2.43. The van der Waals surface area contributed by atoms with Crippen molar-refractivity contribution in [1.29, 1.82) is 0 Å². The molecule has 2 aromatic carbocycles. The van der Waals surface area contributed by atoms with E-state index >= 15 is 0 Å². The molecule has 0 unspecified atom stereocenters. The van der Waals surface area contributed by atoms with Gasteiger partial charge >= 0.3 is 0 Å². The molecule has 1 fully saturated rings. The Morgan fingerprint density at radius 1 is 1.03 bits per heavy atom. The van der Waals surface area contributed by atoms with Crippen molar-refractivity contribution in [3.05, 3.63) is 59.8 Å². The van der Waals surface area contributed by atoms with E-state index < -0.39 is 5.60 Å². The van der Waals surface area contributed by atoms with Gasteiger partial charge in [-0.1, -0.05) is 18.2 Å². The zero-order valence-corrected chi connectivity index (χ0v) is 17.5. The number of rotatable bonds is 6. The number of hydrogen-bond acceptors (Lipinski definition) is 4. The van der Waals surface area contributed by atoms with Crippen LogP contribution in [-0.4, -0.2) is 41.9 Å². The fourth-order valence-electron chi connectivity index (χ4n) is 4.48. The number of nitrogens with zero attached hydrogens (tertiary/aromatic N) is 2. The number of benzene rings is 2. The van der Waals surface area contributed by atoms with Crippen LogP contribution in [0.5, 0.6) is 11.5 Å². The maximum absolute atomic E-state index is 11.3. The van der Waals surface area contributed by atoms with Gasteiger partial charge in [-0.2, -0.15) is 0 Å². The number of ether oxygens (including phenoxy) is 2. The number of piperidine rings is 1. The molecule has 1 N–H and O–H groups in total. The normalized spacial score (nSPS) is 16.8. The first-order valence-corrected chi connectivity index (χ1v) is 10.3. The second-order valence-corrected chi connectivity index (χ2v) is 7.83. The van der Waals surface area contributed by atoms with Crippen molar-refractivity contribution in [3.63, 3.8) is 0 Å². The van der Waals surface area contributed by atoms with Gasteiger partial charge in [0.15, 0.2) is 0 Å². The third-order valence-corrected chi connectivity index (χ3v) is 6.20. The molecule has 5 nitrogen and oxygen atoms in total. The number of fused-ring (bicyclic) bond motifs is 1. The van der Waals surface area contributed by atoms with Crippen molar-refractivity contribution in [2.45, 2.75) is 38.5 Å². The Morgan fingerprint density at radius 2 is 1.79 bits per heavy atom. The lowest BCUT2D eigenvalue weighted by Gasteiger charge is -2.39. The van der Waals surface area contributed by atoms with Crippen LogP contribution in [0.4, 0.5) is 0 Å². The van der Waals surface area contributed by atoms with Gasteiger partial charge in [-0.05, 0) is 49.6 Å². The quantitative estimate of drug-likeness (QED) is 0.682. The Labute approximate surface area is 172 Å². The van der Waals surface area contributed by atoms with Crippen LogP contribution in [-0.2, 0) is 18.7 Å². The number of methoxy groups -OCH3 is 2. The van der Waals surface area contributed by atoms with E-state index in [0.717, 1.165) is 43.2 Å². The molecule has 29 heavy (non-hydrogen) atoms. The third-order valence-electron chi connectivity index (χ3n) is 6.20. The molecule has 0 radical (unpaired) electrons. The Morgan fingerprint density at radius 3 is 2.48 bits per heavy atom. The molecule has 1 saturated heterocycles. The minimum absolute atomic E-state index is 0.698. The maximum atomic E-state index is 11.3. The van der Waals surface area contributed by atoms with Crippen LogP contribution in [0.25, 0.3) is 10.9 Å². The lowest BCUT2D eigenvalue weighted by Crippen LogP contribution is -2.42. The Bertz CT molecular complexity index is 987. The summed E-state index contributed by atoms with van der Waals surface area (Å²) in [6, 6.07) is 14.1. The van der Waals surface area contributed by atoms with Gasteiger partial charge in [0.25, 0.3) is 0 Å². The summed E-state index contributed by atoms with van der Waals surface area (Å²) in [6.45, 7) is 5.67. The molecule has 2 heterocycles. The monoisotopic (exact) mass is 394 g/mol. The average Bonchev–Trinajstić information content (AvgIpc) is 3.12. The molecule has 0 spiro atoms. The summed E-state index contributed by atoms with van der Waals surface area (Å²) in [5.74, 6) is 1.65. The van der Waals surface area contributed by atoms with Gasteiger partial charge in [0.1, 0.15) is 11.5 Å². The second-order valence-electron chi connectivity index (χ2n) is 7.83. The van der Waals surface area contributed by atoms with Crippen molar-refractivity contribution in [2.24, 2.45) is 0 Å². The van der Waals surface area contributed by atoms with E-state index in [1.807, 2.05) is 30.3 Å². The number of aryl methyl sites for hydroxylation is 1. The van der Waals surface area contributed by atoms with E-state index in [1.165, 1.54) is 16.5 Å². The first-order valence-electron chi connectivity index (χ1n) is 10.3. The fraction of sp³-hybridized carbons (Fsp3) is 0.417. The fourth-order valence-corrected chi connectivity index (χ4v) is 4.48. The van der Waals surface area contributed by atoms with Crippen LogP contribution < -0.4 is 9.47 Å². The molecule has 0 bridgehead atoms. The molecule has 1 aliphatic rings. The van der Waals surface area contributed by atoms with E-state index in [1.54, 1.807) is 14.2 Å². The minimum Gasteiger partial charge on any atom is -0.497 e. The molecule has 1 aliphatic heterocycles. The minimum atomic E-state index is -0.830. The average molecular weight is 395 g/mol. The van der Waals surface area contributed by atoms with Gasteiger partial charge in [-0.25, -0.2) is 0 Å². The number of hydrogen-bond donors (Lipinski definition) is 1. The Balaban J connectivity index is 1.53. The zero-order valence-electron chi connectivity index (χ0n) is 17.5. The van der Waals surface area contributed by atoms with Crippen LogP contribution >= 0.6 is 0 Å². The number of aromatic nitrogens is 1. The van der Waals surface area contributed by atoms with Crippen LogP contribution in [0, 0.1) is 0 Å². The van der Waals surface area contributed by atoms with E-state index in [2.05, 4.69) is 34.7 Å². The topological polar surface area (TPSA) is 46.9 Å². The Hall–Kier alpha value is -2.50. The van der Waals surface area contributed by atoms with Crippen LogP contribution in [0.3, 0.4) is 0 Å². The van der Waals surface area contributed by atoms with Crippen molar-refractivity contribution in [1.82, 2.24) is 9.47 Å². The molecule has 1 aromatic heterocycles. The van der Waals surface area contributed by atoms with Crippen LogP contribution in [0.2, 0.25) is 0 Å². The van der Waals surface area contributed by atoms with Crippen molar-refractivity contribution in [3.8, 4) is 11.5 Å². The molecular weight excluding hydrogens is 364 g/mol. The Kier molecular flexibility index (Phi) is 5.52. The molecule has 154 valence electrons. The van der Waals surface area contributed by atoms with E-state index in [4.69, 9.17) is 9.47 Å². The smallest absolute Gasteiger partial charge is 0.124 e. The second kappa shape index (κ2) is 8.09. The molecule has 0 amide bonds. The molecule has 5 heteroatoms. The summed E-state index contributed by atoms with van der Waals surface area (Å²) in [5.41, 5.74) is 2.62. The van der Waals surface area contributed by atoms with Crippen LogP contribution in [0.1, 0.15) is 30.9 Å². The first kappa shape index (κ1) is 19.8. The standard InChI is InChI=1S/C24H30N2O3/c1-4-26-17-18(20-15-19(28-2)9-10-22(20)26)16-25-13-11-24(27,12-14-25)21-7-5-6-8-23(21)29-3/h5-10,15,17,27H,4,11-14,16H2,1-3H3. The summed E-state index contributed by atoms with van der Waals surface area (Å²) in [5, 5.41) is 12.5. The lowest BCUT2D eigenvalue weighted by atomic mass is 9.84. The summed E-state index contributed by atoms with van der Waals surface area (Å²) in [7, 11) is 3.37. The summed E-state index contributed by atoms with van der Waals surface area (Å²) in [6.07, 6.45) is 3.65. The molecule has 0 saturated carbocycles. The van der Waals surface area contributed by atoms with Crippen molar-refractivity contribution in [2.75, 3.05) is 27.3 Å². The van der Waals surface area contributed by atoms with E-state index in [9.17, 15) is 5.11 Å².